The van der Waals surface area contributed by atoms with E-state index in [9.17, 15) is 0 Å². The second kappa shape index (κ2) is 6.68. The molecule has 0 amide bonds. The van der Waals surface area contributed by atoms with Crippen LogP contribution in [-0.2, 0) is 17.6 Å². The quantitative estimate of drug-likeness (QED) is 0.867. The fourth-order valence-electron chi connectivity index (χ4n) is 2.57. The topological polar surface area (TPSA) is 60.2 Å². The minimum Gasteiger partial charge on any atom is -0.378 e. The van der Waals surface area contributed by atoms with Crippen molar-refractivity contribution in [3.8, 4) is 0 Å². The summed E-state index contributed by atoms with van der Waals surface area (Å²) in [5.41, 5.74) is 0.166. The summed E-state index contributed by atoms with van der Waals surface area (Å²) < 4.78 is 11.0. The highest BCUT2D eigenvalue weighted by Gasteiger charge is 2.26. The second-order valence-electron chi connectivity index (χ2n) is 6.62. The van der Waals surface area contributed by atoms with Gasteiger partial charge >= 0.3 is 0 Å². The molecule has 5 nitrogen and oxygen atoms in total. The van der Waals surface area contributed by atoms with Gasteiger partial charge in [0.15, 0.2) is 5.82 Å². The molecule has 2 heterocycles. The summed E-state index contributed by atoms with van der Waals surface area (Å²) >= 11 is 0. The van der Waals surface area contributed by atoms with Gasteiger partial charge in [-0.15, -0.1) is 0 Å². The molecule has 1 aliphatic heterocycles. The van der Waals surface area contributed by atoms with Gasteiger partial charge in [0.1, 0.15) is 0 Å². The number of aromatic nitrogens is 2. The molecular formula is C15H27N3O2. The van der Waals surface area contributed by atoms with E-state index in [1.807, 2.05) is 0 Å². The van der Waals surface area contributed by atoms with Crippen LogP contribution in [0, 0.1) is 5.41 Å². The van der Waals surface area contributed by atoms with Gasteiger partial charge in [0, 0.05) is 25.5 Å². The lowest BCUT2D eigenvalue weighted by Crippen LogP contribution is -2.41. The van der Waals surface area contributed by atoms with Gasteiger partial charge in [-0.2, -0.15) is 4.98 Å². The molecule has 2 rings (SSSR count). The standard InChI is InChI=1S/C15H27N3O2/c1-5-16-12(15(2,3)4)10-14-17-13(18-20-14)9-11-7-6-8-19-11/h11-12,16H,5-10H2,1-4H3. The van der Waals surface area contributed by atoms with Crippen LogP contribution < -0.4 is 5.32 Å². The number of nitrogens with one attached hydrogen (secondary N) is 1. The van der Waals surface area contributed by atoms with Gasteiger partial charge in [-0.1, -0.05) is 32.9 Å². The largest absolute Gasteiger partial charge is 0.378 e. The molecule has 0 aromatic carbocycles. The van der Waals surface area contributed by atoms with Crippen LogP contribution in [0.2, 0.25) is 0 Å². The molecule has 0 spiro atoms. The average molecular weight is 281 g/mol. The molecule has 1 N–H and O–H groups in total. The zero-order valence-electron chi connectivity index (χ0n) is 13.1. The summed E-state index contributed by atoms with van der Waals surface area (Å²) in [6.45, 7) is 10.6. The Kier molecular flexibility index (Phi) is 5.16. The van der Waals surface area contributed by atoms with E-state index in [1.54, 1.807) is 0 Å². The molecular weight excluding hydrogens is 254 g/mol. The van der Waals surface area contributed by atoms with Crippen molar-refractivity contribution in [3.63, 3.8) is 0 Å². The molecule has 2 unspecified atom stereocenters. The average Bonchev–Trinajstić information content (AvgIpc) is 3.00. The fourth-order valence-corrected chi connectivity index (χ4v) is 2.57. The number of hydrogen-bond donors (Lipinski definition) is 1. The number of hydrogen-bond acceptors (Lipinski definition) is 5. The predicted octanol–water partition coefficient (Wildman–Crippen LogP) is 2.36. The third-order valence-electron chi connectivity index (χ3n) is 3.82. The zero-order valence-corrected chi connectivity index (χ0v) is 13.1. The molecule has 1 aliphatic rings. The summed E-state index contributed by atoms with van der Waals surface area (Å²) in [7, 11) is 0. The van der Waals surface area contributed by atoms with E-state index in [4.69, 9.17) is 9.26 Å². The van der Waals surface area contributed by atoms with Gasteiger partial charge in [0.05, 0.1) is 6.10 Å². The maximum absolute atomic E-state index is 5.61. The maximum atomic E-state index is 5.61. The van der Waals surface area contributed by atoms with Crippen LogP contribution in [0.3, 0.4) is 0 Å². The molecule has 0 bridgehead atoms. The number of nitrogens with zero attached hydrogens (tertiary/aromatic N) is 2. The Hall–Kier alpha value is -0.940. The Bertz CT molecular complexity index is 405. The summed E-state index contributed by atoms with van der Waals surface area (Å²) in [5, 5.41) is 7.58. The lowest BCUT2D eigenvalue weighted by atomic mass is 9.84. The highest BCUT2D eigenvalue weighted by molar-refractivity contribution is 4.94. The van der Waals surface area contributed by atoms with Crippen LogP contribution >= 0.6 is 0 Å². The first-order chi connectivity index (χ1) is 9.49. The first kappa shape index (κ1) is 15.4. The van der Waals surface area contributed by atoms with Crippen LogP contribution in [0.4, 0.5) is 0 Å². The van der Waals surface area contributed by atoms with E-state index in [2.05, 4.69) is 43.2 Å². The van der Waals surface area contributed by atoms with Crippen molar-refractivity contribution in [2.75, 3.05) is 13.2 Å². The van der Waals surface area contributed by atoms with Crippen molar-refractivity contribution in [2.45, 2.75) is 65.5 Å². The van der Waals surface area contributed by atoms with Gasteiger partial charge in [-0.3, -0.25) is 0 Å². The molecule has 5 heteroatoms. The molecule has 2 atom stereocenters. The Morgan fingerprint density at radius 2 is 2.20 bits per heavy atom. The van der Waals surface area contributed by atoms with Crippen LogP contribution in [0.5, 0.6) is 0 Å². The van der Waals surface area contributed by atoms with E-state index in [-0.39, 0.29) is 11.5 Å². The summed E-state index contributed by atoms with van der Waals surface area (Å²) in [6.07, 6.45) is 4.06. The van der Waals surface area contributed by atoms with E-state index in [1.165, 1.54) is 0 Å². The van der Waals surface area contributed by atoms with E-state index in [0.29, 0.717) is 6.04 Å². The highest BCUT2D eigenvalue weighted by atomic mass is 16.5. The normalized spacial score (nSPS) is 21.3. The van der Waals surface area contributed by atoms with Crippen LogP contribution in [0.1, 0.15) is 52.3 Å². The Morgan fingerprint density at radius 1 is 1.40 bits per heavy atom. The minimum atomic E-state index is 0.166. The molecule has 1 saturated heterocycles. The first-order valence-corrected chi connectivity index (χ1v) is 7.65. The number of likely N-dealkylation sites (N-methyl/N-ethyl adjacent to an activating group) is 1. The number of rotatable bonds is 6. The molecule has 0 radical (unpaired) electrons. The van der Waals surface area contributed by atoms with Crippen molar-refractivity contribution in [3.05, 3.63) is 11.7 Å². The summed E-state index contributed by atoms with van der Waals surface area (Å²) in [6, 6.07) is 0.337. The third kappa shape index (κ3) is 4.28. The van der Waals surface area contributed by atoms with E-state index < -0.39 is 0 Å². The molecule has 1 fully saturated rings. The second-order valence-corrected chi connectivity index (χ2v) is 6.62. The zero-order chi connectivity index (χ0) is 14.6. The van der Waals surface area contributed by atoms with Crippen LogP contribution in [-0.4, -0.2) is 35.4 Å². The fraction of sp³-hybridized carbons (Fsp3) is 0.867. The first-order valence-electron chi connectivity index (χ1n) is 7.65. The Morgan fingerprint density at radius 3 is 2.80 bits per heavy atom. The van der Waals surface area contributed by atoms with Crippen molar-refractivity contribution in [2.24, 2.45) is 5.41 Å². The van der Waals surface area contributed by atoms with Crippen LogP contribution in [0.15, 0.2) is 4.52 Å². The summed E-state index contributed by atoms with van der Waals surface area (Å²) in [5.74, 6) is 1.50. The van der Waals surface area contributed by atoms with Gasteiger partial charge in [-0.05, 0) is 24.8 Å². The smallest absolute Gasteiger partial charge is 0.228 e. The summed E-state index contributed by atoms with van der Waals surface area (Å²) in [4.78, 5) is 4.51. The van der Waals surface area contributed by atoms with E-state index >= 15 is 0 Å². The number of ether oxygens (including phenoxy) is 1. The third-order valence-corrected chi connectivity index (χ3v) is 3.82. The van der Waals surface area contributed by atoms with Crippen molar-refractivity contribution in [1.29, 1.82) is 0 Å². The van der Waals surface area contributed by atoms with Gasteiger partial charge in [-0.25, -0.2) is 0 Å². The molecule has 1 aromatic rings. The van der Waals surface area contributed by atoms with Gasteiger partial charge in [0.25, 0.3) is 0 Å². The lowest BCUT2D eigenvalue weighted by molar-refractivity contribution is 0.109. The van der Waals surface area contributed by atoms with Crippen LogP contribution in [0.25, 0.3) is 0 Å². The monoisotopic (exact) mass is 281 g/mol. The van der Waals surface area contributed by atoms with Crippen molar-refractivity contribution in [1.82, 2.24) is 15.5 Å². The highest BCUT2D eigenvalue weighted by Crippen LogP contribution is 2.22. The maximum Gasteiger partial charge on any atom is 0.228 e. The predicted molar refractivity (Wildman–Crippen MR) is 77.6 cm³/mol. The molecule has 0 aliphatic carbocycles. The SMILES string of the molecule is CCNC(Cc1nc(CC2CCCO2)no1)C(C)(C)C. The molecule has 1 aromatic heterocycles. The van der Waals surface area contributed by atoms with Crippen molar-refractivity contribution < 1.29 is 9.26 Å². The molecule has 20 heavy (non-hydrogen) atoms. The minimum absolute atomic E-state index is 0.166. The molecule has 114 valence electrons. The Balaban J connectivity index is 1.93. The van der Waals surface area contributed by atoms with E-state index in [0.717, 1.165) is 50.6 Å². The van der Waals surface area contributed by atoms with Gasteiger partial charge in [0.2, 0.25) is 5.89 Å². The van der Waals surface area contributed by atoms with Crippen molar-refractivity contribution >= 4 is 0 Å². The Labute approximate surface area is 121 Å². The lowest BCUT2D eigenvalue weighted by Gasteiger charge is -2.30. The molecule has 0 saturated carbocycles. The van der Waals surface area contributed by atoms with Gasteiger partial charge < -0.3 is 14.6 Å².